The summed E-state index contributed by atoms with van der Waals surface area (Å²) in [6, 6.07) is 9.18. The van der Waals surface area contributed by atoms with Crippen LogP contribution in [0.3, 0.4) is 0 Å². The largest absolute Gasteiger partial charge is 0.487 e. The molecule has 1 N–H and O–H groups in total. The van der Waals surface area contributed by atoms with E-state index in [1.54, 1.807) is 0 Å². The van der Waals surface area contributed by atoms with Gasteiger partial charge in [0.15, 0.2) is 11.6 Å². The van der Waals surface area contributed by atoms with Crippen LogP contribution < -0.4 is 15.0 Å². The molecular formula is C27H33F4N3O3S. The molecule has 1 unspecified atom stereocenters. The van der Waals surface area contributed by atoms with Crippen molar-refractivity contribution in [1.29, 1.82) is 0 Å². The maximum Gasteiger partial charge on any atom is 0.416 e. The molecule has 2 heterocycles. The number of carbonyl (C=O) groups is 1. The smallest absolute Gasteiger partial charge is 0.416 e. The lowest BCUT2D eigenvalue weighted by molar-refractivity contribution is -0.137. The highest BCUT2D eigenvalue weighted by Gasteiger charge is 2.31. The van der Waals surface area contributed by atoms with Crippen molar-refractivity contribution in [1.82, 2.24) is 9.62 Å². The number of benzene rings is 2. The molecule has 2 saturated heterocycles. The Hall–Kier alpha value is -2.66. The van der Waals surface area contributed by atoms with Crippen LogP contribution in [0.5, 0.6) is 5.75 Å². The quantitative estimate of drug-likeness (QED) is 0.480. The lowest BCUT2D eigenvalue weighted by atomic mass is 10.1. The van der Waals surface area contributed by atoms with Crippen molar-refractivity contribution in [2.45, 2.75) is 63.1 Å². The standard InChI is InChI=1S/C27H33F4N3O3S/c1-18(2)38(36)34-15-9-21(10-16-34)32-26(35)19-3-8-25(24(28)17-19)37-23-11-13-33(14-12-23)22-6-4-20(5-7-22)27(29,30)31/h3-8,17-18,21,23H,9-16H2,1-2H3,(H,32,35). The second-order valence-electron chi connectivity index (χ2n) is 10.00. The van der Waals surface area contributed by atoms with Gasteiger partial charge in [-0.05, 0) is 69.2 Å². The Bertz CT molecular complexity index is 1130. The molecule has 0 spiro atoms. The van der Waals surface area contributed by atoms with Gasteiger partial charge in [0.1, 0.15) is 6.10 Å². The molecule has 2 aliphatic heterocycles. The van der Waals surface area contributed by atoms with Crippen LogP contribution in [-0.4, -0.2) is 58.0 Å². The van der Waals surface area contributed by atoms with E-state index in [4.69, 9.17) is 4.74 Å². The summed E-state index contributed by atoms with van der Waals surface area (Å²) in [4.78, 5) is 14.7. The second-order valence-corrected chi connectivity index (χ2v) is 12.0. The van der Waals surface area contributed by atoms with Crippen molar-refractivity contribution in [2.24, 2.45) is 0 Å². The highest BCUT2D eigenvalue weighted by molar-refractivity contribution is 7.83. The highest BCUT2D eigenvalue weighted by atomic mass is 32.2. The van der Waals surface area contributed by atoms with Crippen LogP contribution in [0.4, 0.5) is 23.2 Å². The molecule has 1 amide bonds. The fourth-order valence-electron chi connectivity index (χ4n) is 4.76. The molecule has 1 atom stereocenters. The second kappa shape index (κ2) is 12.0. The summed E-state index contributed by atoms with van der Waals surface area (Å²) in [7, 11) is -1.03. The maximum absolute atomic E-state index is 14.8. The van der Waals surface area contributed by atoms with Crippen molar-refractivity contribution < 1.29 is 31.3 Å². The molecule has 0 radical (unpaired) electrons. The average molecular weight is 556 g/mol. The molecule has 2 fully saturated rings. The Morgan fingerprint density at radius 1 is 1.00 bits per heavy atom. The molecule has 0 aliphatic carbocycles. The SMILES string of the molecule is CC(C)S(=O)N1CCC(NC(=O)c2ccc(OC3CCN(c4ccc(C(F)(F)F)cc4)CC3)c(F)c2)CC1. The van der Waals surface area contributed by atoms with Gasteiger partial charge in [0, 0.05) is 61.6 Å². The first-order valence-electron chi connectivity index (χ1n) is 12.9. The van der Waals surface area contributed by atoms with E-state index in [-0.39, 0.29) is 34.6 Å². The summed E-state index contributed by atoms with van der Waals surface area (Å²) in [6.07, 6.45) is -2.08. The van der Waals surface area contributed by atoms with E-state index < -0.39 is 28.5 Å². The molecule has 2 aliphatic rings. The Morgan fingerprint density at radius 2 is 1.63 bits per heavy atom. The fraction of sp³-hybridized carbons (Fsp3) is 0.519. The number of piperidine rings is 2. The molecule has 4 rings (SSSR count). The van der Waals surface area contributed by atoms with Gasteiger partial charge >= 0.3 is 6.18 Å². The Labute approximate surface area is 222 Å². The van der Waals surface area contributed by atoms with Crippen molar-refractivity contribution in [3.8, 4) is 5.75 Å². The number of amides is 1. The van der Waals surface area contributed by atoms with Crippen LogP contribution in [0.15, 0.2) is 42.5 Å². The van der Waals surface area contributed by atoms with Gasteiger partial charge in [-0.15, -0.1) is 0 Å². The number of alkyl halides is 3. The number of nitrogens with zero attached hydrogens (tertiary/aromatic N) is 2. The lowest BCUT2D eigenvalue weighted by Crippen LogP contribution is -2.46. The van der Waals surface area contributed by atoms with E-state index in [0.717, 1.165) is 12.1 Å². The van der Waals surface area contributed by atoms with Gasteiger partial charge in [0.05, 0.1) is 16.5 Å². The van der Waals surface area contributed by atoms with E-state index in [9.17, 15) is 26.6 Å². The number of rotatable bonds is 7. The number of ether oxygens (including phenoxy) is 1. The monoisotopic (exact) mass is 555 g/mol. The predicted molar refractivity (Wildman–Crippen MR) is 139 cm³/mol. The maximum atomic E-state index is 14.8. The minimum Gasteiger partial charge on any atom is -0.487 e. The first kappa shape index (κ1) is 28.4. The highest BCUT2D eigenvalue weighted by Crippen LogP contribution is 2.31. The molecule has 6 nitrogen and oxygen atoms in total. The number of carbonyl (C=O) groups excluding carboxylic acids is 1. The molecule has 0 bridgehead atoms. The third-order valence-electron chi connectivity index (χ3n) is 6.94. The Balaban J connectivity index is 1.26. The first-order chi connectivity index (χ1) is 18.0. The topological polar surface area (TPSA) is 61.9 Å². The molecule has 0 aromatic heterocycles. The van der Waals surface area contributed by atoms with Crippen LogP contribution in [-0.2, 0) is 17.2 Å². The molecular weight excluding hydrogens is 522 g/mol. The Kier molecular flexibility index (Phi) is 8.97. The third-order valence-corrected chi connectivity index (χ3v) is 8.62. The van der Waals surface area contributed by atoms with Crippen LogP contribution in [0, 0.1) is 5.82 Å². The number of hydrogen-bond donors (Lipinski definition) is 1. The summed E-state index contributed by atoms with van der Waals surface area (Å²) in [5.74, 6) is -0.910. The molecule has 0 saturated carbocycles. The summed E-state index contributed by atoms with van der Waals surface area (Å²) in [5, 5.41) is 3.00. The van der Waals surface area contributed by atoms with Crippen LogP contribution in [0.25, 0.3) is 0 Å². The fourth-order valence-corrected chi connectivity index (χ4v) is 5.92. The van der Waals surface area contributed by atoms with Gasteiger partial charge in [0.2, 0.25) is 0 Å². The van der Waals surface area contributed by atoms with Gasteiger partial charge in [-0.2, -0.15) is 13.2 Å². The number of halogens is 4. The van der Waals surface area contributed by atoms with Gasteiger partial charge in [-0.3, -0.25) is 4.79 Å². The van der Waals surface area contributed by atoms with Crippen LogP contribution >= 0.6 is 0 Å². The van der Waals surface area contributed by atoms with Gasteiger partial charge < -0.3 is 15.0 Å². The predicted octanol–water partition coefficient (Wildman–Crippen LogP) is 5.16. The summed E-state index contributed by atoms with van der Waals surface area (Å²) >= 11 is 0. The van der Waals surface area contributed by atoms with Crippen molar-refractivity contribution >= 4 is 22.6 Å². The van der Waals surface area contributed by atoms with Gasteiger partial charge in [-0.1, -0.05) is 0 Å². The zero-order valence-corrected chi connectivity index (χ0v) is 22.3. The normalized spacial score (nSPS) is 19.0. The number of hydrogen-bond acceptors (Lipinski definition) is 4. The van der Waals surface area contributed by atoms with E-state index in [0.29, 0.717) is 57.5 Å². The summed E-state index contributed by atoms with van der Waals surface area (Å²) in [5.41, 5.74) is 0.230. The molecule has 2 aromatic rings. The summed E-state index contributed by atoms with van der Waals surface area (Å²) in [6.45, 7) is 6.24. The van der Waals surface area contributed by atoms with E-state index in [2.05, 4.69) is 5.32 Å². The minimum atomic E-state index is -4.37. The van der Waals surface area contributed by atoms with Crippen LogP contribution in [0.1, 0.15) is 55.5 Å². The number of anilines is 1. The van der Waals surface area contributed by atoms with E-state index in [1.807, 2.05) is 23.1 Å². The van der Waals surface area contributed by atoms with E-state index >= 15 is 0 Å². The lowest BCUT2D eigenvalue weighted by Gasteiger charge is -2.34. The van der Waals surface area contributed by atoms with E-state index in [1.165, 1.54) is 30.3 Å². The van der Waals surface area contributed by atoms with Gasteiger partial charge in [0.25, 0.3) is 5.91 Å². The van der Waals surface area contributed by atoms with Gasteiger partial charge in [-0.25, -0.2) is 12.9 Å². The zero-order valence-electron chi connectivity index (χ0n) is 21.5. The first-order valence-corrected chi connectivity index (χ1v) is 14.0. The van der Waals surface area contributed by atoms with Crippen molar-refractivity contribution in [3.63, 3.8) is 0 Å². The molecule has 11 heteroatoms. The molecule has 38 heavy (non-hydrogen) atoms. The van der Waals surface area contributed by atoms with Crippen molar-refractivity contribution in [2.75, 3.05) is 31.1 Å². The minimum absolute atomic E-state index is 0.0522. The van der Waals surface area contributed by atoms with Crippen molar-refractivity contribution in [3.05, 3.63) is 59.4 Å². The van der Waals surface area contributed by atoms with Crippen LogP contribution in [0.2, 0.25) is 0 Å². The third kappa shape index (κ3) is 7.05. The summed E-state index contributed by atoms with van der Waals surface area (Å²) < 4.78 is 73.2. The zero-order chi connectivity index (χ0) is 27.4. The number of nitrogens with one attached hydrogen (secondary N) is 1. The molecule has 208 valence electrons. The average Bonchev–Trinajstić information content (AvgIpc) is 2.90. The Morgan fingerprint density at radius 3 is 2.18 bits per heavy atom. The molecule has 2 aromatic carbocycles.